The lowest BCUT2D eigenvalue weighted by molar-refractivity contribution is -0.154. The Bertz CT molecular complexity index is 157. The van der Waals surface area contributed by atoms with E-state index in [1.54, 1.807) is 13.8 Å². The van der Waals surface area contributed by atoms with Crippen LogP contribution in [0.25, 0.3) is 0 Å². The molecule has 0 atom stereocenters. The standard InChI is InChI=1S/C9H19NO3/c1-4-12-5-6-13-8(11)9(2,3)7-10/h4-7,10H2,1-3H3. The predicted octanol–water partition coefficient (Wildman–Crippen LogP) is 0.551. The molecule has 4 heteroatoms. The van der Waals surface area contributed by atoms with Crippen molar-refractivity contribution in [3.05, 3.63) is 0 Å². The quantitative estimate of drug-likeness (QED) is 0.489. The summed E-state index contributed by atoms with van der Waals surface area (Å²) in [6, 6.07) is 0. The molecular weight excluding hydrogens is 170 g/mol. The summed E-state index contributed by atoms with van der Waals surface area (Å²) in [5.74, 6) is -0.269. The van der Waals surface area contributed by atoms with Crippen molar-refractivity contribution in [2.45, 2.75) is 20.8 Å². The Morgan fingerprint density at radius 1 is 1.38 bits per heavy atom. The van der Waals surface area contributed by atoms with Gasteiger partial charge in [0.2, 0.25) is 0 Å². The molecule has 13 heavy (non-hydrogen) atoms. The van der Waals surface area contributed by atoms with E-state index in [4.69, 9.17) is 15.2 Å². The van der Waals surface area contributed by atoms with Crippen molar-refractivity contribution in [3.63, 3.8) is 0 Å². The molecule has 0 aromatic carbocycles. The Labute approximate surface area is 79.4 Å². The maximum absolute atomic E-state index is 11.3. The van der Waals surface area contributed by atoms with Crippen LogP contribution in [0.1, 0.15) is 20.8 Å². The summed E-state index contributed by atoms with van der Waals surface area (Å²) in [5.41, 5.74) is 4.81. The van der Waals surface area contributed by atoms with Crippen molar-refractivity contribution in [2.75, 3.05) is 26.4 Å². The van der Waals surface area contributed by atoms with Gasteiger partial charge in [0.15, 0.2) is 0 Å². The number of rotatable bonds is 6. The van der Waals surface area contributed by atoms with Crippen LogP contribution in [0.4, 0.5) is 0 Å². The second-order valence-electron chi connectivity index (χ2n) is 3.42. The van der Waals surface area contributed by atoms with Gasteiger partial charge in [-0.15, -0.1) is 0 Å². The van der Waals surface area contributed by atoms with Crippen LogP contribution in [0.15, 0.2) is 0 Å². The third-order valence-corrected chi connectivity index (χ3v) is 1.73. The molecule has 0 saturated carbocycles. The summed E-state index contributed by atoms with van der Waals surface area (Å²) in [7, 11) is 0. The molecule has 0 amide bonds. The number of hydrogen-bond acceptors (Lipinski definition) is 4. The number of hydrogen-bond donors (Lipinski definition) is 1. The lowest BCUT2D eigenvalue weighted by atomic mass is 9.94. The van der Waals surface area contributed by atoms with Crippen molar-refractivity contribution in [1.29, 1.82) is 0 Å². The van der Waals surface area contributed by atoms with Crippen LogP contribution < -0.4 is 5.73 Å². The minimum atomic E-state index is -0.591. The number of esters is 1. The summed E-state index contributed by atoms with van der Waals surface area (Å²) in [4.78, 5) is 11.3. The van der Waals surface area contributed by atoms with Crippen LogP contribution in [0.3, 0.4) is 0 Å². The average Bonchev–Trinajstić information content (AvgIpc) is 2.12. The van der Waals surface area contributed by atoms with E-state index in [-0.39, 0.29) is 5.97 Å². The molecular formula is C9H19NO3. The molecule has 0 aliphatic carbocycles. The van der Waals surface area contributed by atoms with Gasteiger partial charge in [-0.25, -0.2) is 0 Å². The normalized spacial score (nSPS) is 11.4. The highest BCUT2D eigenvalue weighted by Gasteiger charge is 2.27. The van der Waals surface area contributed by atoms with Gasteiger partial charge in [-0.2, -0.15) is 0 Å². The fraction of sp³-hybridized carbons (Fsp3) is 0.889. The predicted molar refractivity (Wildman–Crippen MR) is 50.3 cm³/mol. The molecule has 0 radical (unpaired) electrons. The smallest absolute Gasteiger partial charge is 0.312 e. The fourth-order valence-corrected chi connectivity index (χ4v) is 0.616. The van der Waals surface area contributed by atoms with E-state index in [9.17, 15) is 4.79 Å². The first-order valence-electron chi connectivity index (χ1n) is 4.49. The summed E-state index contributed by atoms with van der Waals surface area (Å²) in [6.45, 7) is 7.09. The lowest BCUT2D eigenvalue weighted by Crippen LogP contribution is -2.34. The van der Waals surface area contributed by atoms with Crippen molar-refractivity contribution in [1.82, 2.24) is 0 Å². The van der Waals surface area contributed by atoms with Crippen LogP contribution in [0, 0.1) is 5.41 Å². The largest absolute Gasteiger partial charge is 0.463 e. The first-order chi connectivity index (χ1) is 6.04. The number of ether oxygens (including phenoxy) is 2. The topological polar surface area (TPSA) is 61.5 Å². The average molecular weight is 189 g/mol. The summed E-state index contributed by atoms with van der Waals surface area (Å²) in [5, 5.41) is 0. The Morgan fingerprint density at radius 3 is 2.46 bits per heavy atom. The van der Waals surface area contributed by atoms with Gasteiger partial charge >= 0.3 is 5.97 Å². The van der Waals surface area contributed by atoms with Crippen molar-refractivity contribution < 1.29 is 14.3 Å². The maximum Gasteiger partial charge on any atom is 0.312 e. The summed E-state index contributed by atoms with van der Waals surface area (Å²) < 4.78 is 9.98. The molecule has 0 aliphatic heterocycles. The van der Waals surface area contributed by atoms with Gasteiger partial charge in [-0.3, -0.25) is 4.79 Å². The molecule has 0 fully saturated rings. The first-order valence-corrected chi connectivity index (χ1v) is 4.49. The van der Waals surface area contributed by atoms with Crippen molar-refractivity contribution in [2.24, 2.45) is 11.1 Å². The first kappa shape index (κ1) is 12.4. The number of nitrogens with two attached hydrogens (primary N) is 1. The molecule has 0 spiro atoms. The van der Waals surface area contributed by atoms with Crippen LogP contribution in [-0.2, 0) is 14.3 Å². The second-order valence-corrected chi connectivity index (χ2v) is 3.42. The van der Waals surface area contributed by atoms with E-state index in [1.807, 2.05) is 6.92 Å². The molecule has 78 valence electrons. The van der Waals surface area contributed by atoms with E-state index in [0.29, 0.717) is 26.4 Å². The number of carbonyl (C=O) groups is 1. The number of carbonyl (C=O) groups excluding carboxylic acids is 1. The Hall–Kier alpha value is -0.610. The SMILES string of the molecule is CCOCCOC(=O)C(C)(C)CN. The van der Waals surface area contributed by atoms with Gasteiger partial charge in [-0.05, 0) is 20.8 Å². The Morgan fingerprint density at radius 2 is 2.00 bits per heavy atom. The van der Waals surface area contributed by atoms with Gasteiger partial charge in [0.1, 0.15) is 6.61 Å². The Balaban J connectivity index is 3.62. The third kappa shape index (κ3) is 4.85. The molecule has 0 aromatic rings. The molecule has 0 heterocycles. The van der Waals surface area contributed by atoms with Crippen molar-refractivity contribution >= 4 is 5.97 Å². The van der Waals surface area contributed by atoms with E-state index in [1.165, 1.54) is 0 Å². The molecule has 0 unspecified atom stereocenters. The van der Waals surface area contributed by atoms with E-state index in [2.05, 4.69) is 0 Å². The minimum absolute atomic E-state index is 0.269. The van der Waals surface area contributed by atoms with Crippen molar-refractivity contribution in [3.8, 4) is 0 Å². The van der Waals surface area contributed by atoms with Gasteiger partial charge in [0, 0.05) is 13.2 Å². The zero-order chi connectivity index (χ0) is 10.3. The van der Waals surface area contributed by atoms with Gasteiger partial charge in [-0.1, -0.05) is 0 Å². The van der Waals surface area contributed by atoms with E-state index < -0.39 is 5.41 Å². The molecule has 2 N–H and O–H groups in total. The second kappa shape index (κ2) is 5.94. The highest BCUT2D eigenvalue weighted by atomic mass is 16.6. The highest BCUT2D eigenvalue weighted by Crippen LogP contribution is 2.14. The van der Waals surface area contributed by atoms with Gasteiger partial charge < -0.3 is 15.2 Å². The van der Waals surface area contributed by atoms with E-state index >= 15 is 0 Å². The Kier molecular flexibility index (Phi) is 5.66. The molecule has 0 saturated heterocycles. The fourth-order valence-electron chi connectivity index (χ4n) is 0.616. The zero-order valence-corrected chi connectivity index (χ0v) is 8.63. The lowest BCUT2D eigenvalue weighted by Gasteiger charge is -2.19. The summed E-state index contributed by atoms with van der Waals surface area (Å²) in [6.07, 6.45) is 0. The molecule has 0 bridgehead atoms. The molecule has 0 aliphatic rings. The minimum Gasteiger partial charge on any atom is -0.463 e. The molecule has 4 nitrogen and oxygen atoms in total. The van der Waals surface area contributed by atoms with Gasteiger partial charge in [0.25, 0.3) is 0 Å². The van der Waals surface area contributed by atoms with Crippen LogP contribution in [0.5, 0.6) is 0 Å². The van der Waals surface area contributed by atoms with E-state index in [0.717, 1.165) is 0 Å². The van der Waals surface area contributed by atoms with Crippen LogP contribution in [-0.4, -0.2) is 32.3 Å². The van der Waals surface area contributed by atoms with Crippen LogP contribution in [0.2, 0.25) is 0 Å². The molecule has 0 aromatic heterocycles. The summed E-state index contributed by atoms with van der Waals surface area (Å²) >= 11 is 0. The monoisotopic (exact) mass is 189 g/mol. The van der Waals surface area contributed by atoms with Crippen LogP contribution >= 0.6 is 0 Å². The maximum atomic E-state index is 11.3. The zero-order valence-electron chi connectivity index (χ0n) is 8.63. The van der Waals surface area contributed by atoms with Gasteiger partial charge in [0.05, 0.1) is 12.0 Å². The third-order valence-electron chi connectivity index (χ3n) is 1.73. The highest BCUT2D eigenvalue weighted by molar-refractivity contribution is 5.76. The molecule has 0 rings (SSSR count).